The molecule has 2 aromatic carbocycles. The molecule has 104 valence electrons. The molecule has 0 amide bonds. The molecular formula is C15H12Cl2FNO. The topological polar surface area (TPSA) is 35.2 Å². The number of hydrogen-bond donors (Lipinski definition) is 1. The minimum absolute atomic E-state index is 0.0773. The zero-order valence-electron chi connectivity index (χ0n) is 10.5. The van der Waals surface area contributed by atoms with Crippen LogP contribution in [0.4, 0.5) is 4.39 Å². The monoisotopic (exact) mass is 311 g/mol. The van der Waals surface area contributed by atoms with E-state index in [2.05, 4.69) is 0 Å². The van der Waals surface area contributed by atoms with E-state index in [1.807, 2.05) is 6.07 Å². The summed E-state index contributed by atoms with van der Waals surface area (Å²) in [6.07, 6.45) is 0.810. The molecule has 0 saturated heterocycles. The van der Waals surface area contributed by atoms with Gasteiger partial charge in [0.05, 0.1) is 17.7 Å². The first-order valence-corrected chi connectivity index (χ1v) is 6.97. The maximum Gasteiger partial charge on any atom is 0.142 e. The Labute approximate surface area is 126 Å². The molecule has 2 N–H and O–H groups in total. The Morgan fingerprint density at radius 1 is 1.20 bits per heavy atom. The number of rotatable bonds is 2. The molecule has 0 fully saturated rings. The number of benzene rings is 2. The van der Waals surface area contributed by atoms with Crippen molar-refractivity contribution in [3.8, 4) is 5.75 Å². The fourth-order valence-electron chi connectivity index (χ4n) is 2.41. The highest BCUT2D eigenvalue weighted by atomic mass is 35.5. The standard InChI is InChI=1S/C15H12Cl2FNO/c16-10-5-9-3-4-20-15(9)11(7-10)14(19)8-1-2-12(17)13(18)6-8/h1-2,5-7,14H,3-4,19H2. The Hall–Kier alpha value is -1.29. The van der Waals surface area contributed by atoms with Crippen LogP contribution in [-0.2, 0) is 6.42 Å². The third-order valence-electron chi connectivity index (χ3n) is 3.41. The van der Waals surface area contributed by atoms with Crippen LogP contribution in [0.25, 0.3) is 0 Å². The fourth-order valence-corrected chi connectivity index (χ4v) is 2.78. The predicted octanol–water partition coefficient (Wildman–Crippen LogP) is 4.12. The van der Waals surface area contributed by atoms with Crippen molar-refractivity contribution in [2.24, 2.45) is 5.73 Å². The Balaban J connectivity index is 2.06. The Bertz CT molecular complexity index is 675. The molecule has 0 aliphatic carbocycles. The lowest BCUT2D eigenvalue weighted by Crippen LogP contribution is -2.13. The van der Waals surface area contributed by atoms with Crippen molar-refractivity contribution in [1.82, 2.24) is 0 Å². The van der Waals surface area contributed by atoms with Crippen LogP contribution < -0.4 is 10.5 Å². The normalized spacial score (nSPS) is 14.8. The molecule has 0 bridgehead atoms. The van der Waals surface area contributed by atoms with Crippen LogP contribution in [0.1, 0.15) is 22.7 Å². The number of fused-ring (bicyclic) bond motifs is 1. The summed E-state index contributed by atoms with van der Waals surface area (Å²) in [7, 11) is 0. The minimum atomic E-state index is -0.507. The number of halogens is 3. The van der Waals surface area contributed by atoms with Gasteiger partial charge in [-0.05, 0) is 35.4 Å². The molecule has 1 unspecified atom stereocenters. The van der Waals surface area contributed by atoms with Crippen molar-refractivity contribution in [3.63, 3.8) is 0 Å². The van der Waals surface area contributed by atoms with Crippen LogP contribution in [0, 0.1) is 5.82 Å². The van der Waals surface area contributed by atoms with Crippen LogP contribution in [0.15, 0.2) is 30.3 Å². The highest BCUT2D eigenvalue weighted by molar-refractivity contribution is 6.31. The van der Waals surface area contributed by atoms with Crippen molar-refractivity contribution >= 4 is 23.2 Å². The largest absolute Gasteiger partial charge is 0.493 e. The van der Waals surface area contributed by atoms with Crippen LogP contribution in [-0.4, -0.2) is 6.61 Å². The second-order valence-corrected chi connectivity index (χ2v) is 5.58. The summed E-state index contributed by atoms with van der Waals surface area (Å²) in [5.41, 5.74) is 8.67. The Kier molecular flexibility index (Phi) is 3.59. The molecule has 20 heavy (non-hydrogen) atoms. The molecule has 0 aromatic heterocycles. The lowest BCUT2D eigenvalue weighted by molar-refractivity contribution is 0.352. The molecule has 2 aromatic rings. The zero-order valence-corrected chi connectivity index (χ0v) is 12.0. The molecule has 5 heteroatoms. The van der Waals surface area contributed by atoms with Gasteiger partial charge < -0.3 is 10.5 Å². The zero-order chi connectivity index (χ0) is 14.3. The van der Waals surface area contributed by atoms with Gasteiger partial charge in [-0.15, -0.1) is 0 Å². The van der Waals surface area contributed by atoms with Gasteiger partial charge in [0.25, 0.3) is 0 Å². The first-order chi connectivity index (χ1) is 9.56. The lowest BCUT2D eigenvalue weighted by Gasteiger charge is -2.17. The molecule has 1 aliphatic heterocycles. The molecule has 0 radical (unpaired) electrons. The average molecular weight is 312 g/mol. The molecule has 3 rings (SSSR count). The van der Waals surface area contributed by atoms with E-state index in [9.17, 15) is 4.39 Å². The molecule has 0 spiro atoms. The van der Waals surface area contributed by atoms with Gasteiger partial charge in [0.15, 0.2) is 0 Å². The summed E-state index contributed by atoms with van der Waals surface area (Å²) >= 11 is 11.8. The Morgan fingerprint density at radius 3 is 2.75 bits per heavy atom. The third kappa shape index (κ3) is 2.37. The summed E-state index contributed by atoms with van der Waals surface area (Å²) < 4.78 is 19.2. The Morgan fingerprint density at radius 2 is 2.00 bits per heavy atom. The number of nitrogens with two attached hydrogens (primary N) is 1. The van der Waals surface area contributed by atoms with E-state index in [0.29, 0.717) is 17.2 Å². The predicted molar refractivity (Wildman–Crippen MR) is 78.1 cm³/mol. The number of ether oxygens (including phenoxy) is 1. The molecule has 1 aliphatic rings. The highest BCUT2D eigenvalue weighted by Gasteiger charge is 2.22. The summed E-state index contributed by atoms with van der Waals surface area (Å²) in [5, 5.41) is 0.683. The maximum absolute atomic E-state index is 13.6. The minimum Gasteiger partial charge on any atom is -0.493 e. The quantitative estimate of drug-likeness (QED) is 0.905. The van der Waals surface area contributed by atoms with E-state index in [1.54, 1.807) is 12.1 Å². The van der Waals surface area contributed by atoms with E-state index in [1.165, 1.54) is 12.1 Å². The molecule has 0 saturated carbocycles. The van der Waals surface area contributed by atoms with E-state index < -0.39 is 11.9 Å². The summed E-state index contributed by atoms with van der Waals surface area (Å²) in [4.78, 5) is 0. The van der Waals surface area contributed by atoms with Crippen molar-refractivity contribution in [2.75, 3.05) is 6.61 Å². The second-order valence-electron chi connectivity index (χ2n) is 4.73. The van der Waals surface area contributed by atoms with E-state index >= 15 is 0 Å². The SMILES string of the molecule is NC(c1ccc(Cl)c(F)c1)c1cc(Cl)cc2c1OCC2. The van der Waals surface area contributed by atoms with Crippen LogP contribution in [0.3, 0.4) is 0 Å². The van der Waals surface area contributed by atoms with Crippen molar-refractivity contribution < 1.29 is 9.13 Å². The number of hydrogen-bond acceptors (Lipinski definition) is 2. The van der Waals surface area contributed by atoms with Gasteiger partial charge in [-0.2, -0.15) is 0 Å². The van der Waals surface area contributed by atoms with E-state index in [4.69, 9.17) is 33.7 Å². The van der Waals surface area contributed by atoms with Gasteiger partial charge in [0.2, 0.25) is 0 Å². The van der Waals surface area contributed by atoms with Crippen molar-refractivity contribution in [2.45, 2.75) is 12.5 Å². The van der Waals surface area contributed by atoms with Crippen LogP contribution in [0.5, 0.6) is 5.75 Å². The van der Waals surface area contributed by atoms with E-state index in [-0.39, 0.29) is 5.02 Å². The molecule has 1 heterocycles. The fraction of sp³-hybridized carbons (Fsp3) is 0.200. The lowest BCUT2D eigenvalue weighted by atomic mass is 9.96. The summed E-state index contributed by atoms with van der Waals surface area (Å²) in [6, 6.07) is 7.68. The van der Waals surface area contributed by atoms with Crippen LogP contribution >= 0.6 is 23.2 Å². The van der Waals surface area contributed by atoms with Gasteiger partial charge in [-0.3, -0.25) is 0 Å². The van der Waals surface area contributed by atoms with Gasteiger partial charge in [0, 0.05) is 17.0 Å². The average Bonchev–Trinajstić information content (AvgIpc) is 2.88. The molecule has 1 atom stereocenters. The first-order valence-electron chi connectivity index (χ1n) is 6.22. The van der Waals surface area contributed by atoms with Gasteiger partial charge in [-0.25, -0.2) is 4.39 Å². The van der Waals surface area contributed by atoms with E-state index in [0.717, 1.165) is 23.3 Å². The van der Waals surface area contributed by atoms with Crippen molar-refractivity contribution in [1.29, 1.82) is 0 Å². The third-order valence-corrected chi connectivity index (χ3v) is 3.94. The summed E-state index contributed by atoms with van der Waals surface area (Å²) in [6.45, 7) is 0.615. The van der Waals surface area contributed by atoms with Crippen LogP contribution in [0.2, 0.25) is 10.0 Å². The van der Waals surface area contributed by atoms with Gasteiger partial charge in [-0.1, -0.05) is 29.3 Å². The smallest absolute Gasteiger partial charge is 0.142 e. The molecule has 2 nitrogen and oxygen atoms in total. The van der Waals surface area contributed by atoms with Gasteiger partial charge in [0.1, 0.15) is 11.6 Å². The second kappa shape index (κ2) is 5.24. The highest BCUT2D eigenvalue weighted by Crippen LogP contribution is 2.38. The van der Waals surface area contributed by atoms with Crippen molar-refractivity contribution in [3.05, 3.63) is 62.9 Å². The first kappa shape index (κ1) is 13.7. The summed E-state index contributed by atoms with van der Waals surface area (Å²) in [5.74, 6) is 0.275. The maximum atomic E-state index is 13.6. The molecular weight excluding hydrogens is 300 g/mol. The van der Waals surface area contributed by atoms with Gasteiger partial charge >= 0.3 is 0 Å².